The van der Waals surface area contributed by atoms with Gasteiger partial charge in [0.2, 0.25) is 9.47 Å². The Morgan fingerprint density at radius 1 is 1.28 bits per heavy atom. The van der Waals surface area contributed by atoms with Crippen LogP contribution in [0, 0.1) is 6.92 Å². The number of benzene rings is 1. The summed E-state index contributed by atoms with van der Waals surface area (Å²) in [7, 11) is 0. The number of hydrogen-bond donors (Lipinski definition) is 1. The monoisotopic (exact) mass is 321 g/mol. The van der Waals surface area contributed by atoms with Crippen LogP contribution in [-0.4, -0.2) is 16.1 Å². The fourth-order valence-corrected chi connectivity index (χ4v) is 2.42. The number of nitrogens with one attached hydrogen (secondary N) is 1. The van der Waals surface area contributed by atoms with Gasteiger partial charge in [-0.2, -0.15) is 0 Å². The third kappa shape index (κ3) is 2.75. The highest BCUT2D eigenvalue weighted by molar-refractivity contribution is 7.17. The topological polar surface area (TPSA) is 54.9 Å². The summed E-state index contributed by atoms with van der Waals surface area (Å²) in [5, 5.41) is 10.7. The largest absolute Gasteiger partial charge is 0.317 e. The van der Waals surface area contributed by atoms with Crippen LogP contribution < -0.4 is 5.32 Å². The zero-order chi connectivity index (χ0) is 13.3. The first kappa shape index (κ1) is 13.5. The number of carbonyl (C=O) groups is 1. The van der Waals surface area contributed by atoms with Crippen LogP contribution in [0.5, 0.6) is 0 Å². The highest BCUT2D eigenvalue weighted by Crippen LogP contribution is 2.33. The predicted molar refractivity (Wildman–Crippen MR) is 74.1 cm³/mol. The fourth-order valence-electron chi connectivity index (χ4n) is 1.24. The number of amides is 1. The fraction of sp³-hybridized carbons (Fsp3) is 0.100. The van der Waals surface area contributed by atoms with Crippen molar-refractivity contribution in [2.45, 2.75) is 6.92 Å². The minimum Gasteiger partial charge on any atom is -0.317 e. The molecule has 18 heavy (non-hydrogen) atoms. The lowest BCUT2D eigenvalue weighted by Gasteiger charge is -2.09. The highest BCUT2D eigenvalue weighted by atomic mass is 35.5. The average Bonchev–Trinajstić information content (AvgIpc) is 2.76. The Morgan fingerprint density at radius 2 is 2.00 bits per heavy atom. The van der Waals surface area contributed by atoms with Gasteiger partial charge in [0.05, 0.1) is 15.7 Å². The van der Waals surface area contributed by atoms with Crippen LogP contribution in [0.4, 0.5) is 5.69 Å². The molecule has 0 aliphatic carbocycles. The summed E-state index contributed by atoms with van der Waals surface area (Å²) in [5.41, 5.74) is 1.17. The van der Waals surface area contributed by atoms with Gasteiger partial charge in [0, 0.05) is 0 Å². The first-order chi connectivity index (χ1) is 8.49. The van der Waals surface area contributed by atoms with Crippen molar-refractivity contribution >= 4 is 57.7 Å². The van der Waals surface area contributed by atoms with Crippen molar-refractivity contribution in [1.29, 1.82) is 0 Å². The lowest BCUT2D eigenvalue weighted by atomic mass is 10.2. The zero-order valence-electron chi connectivity index (χ0n) is 9.00. The summed E-state index contributed by atoms with van der Waals surface area (Å²) in [6, 6.07) is 3.42. The van der Waals surface area contributed by atoms with Crippen molar-refractivity contribution in [3.63, 3.8) is 0 Å². The predicted octanol–water partition coefficient (Wildman–Crippen LogP) is 4.06. The molecule has 1 N–H and O–H groups in total. The Hall–Kier alpha value is -0.880. The maximum atomic E-state index is 11.9. The third-order valence-corrected chi connectivity index (χ3v) is 3.94. The Bertz CT molecular complexity index is 614. The standard InChI is InChI=1S/C10H6Cl3N3OS/c1-4-2-3-5(11)7(6(4)12)14-8(17)9-15-16-10(13)18-9/h2-3H,1H3,(H,14,17). The van der Waals surface area contributed by atoms with Crippen molar-refractivity contribution in [2.75, 3.05) is 5.32 Å². The lowest BCUT2D eigenvalue weighted by Crippen LogP contribution is -2.12. The summed E-state index contributed by atoms with van der Waals surface area (Å²) < 4.78 is 0.196. The van der Waals surface area contributed by atoms with Crippen LogP contribution in [0.25, 0.3) is 0 Å². The van der Waals surface area contributed by atoms with Gasteiger partial charge >= 0.3 is 0 Å². The van der Waals surface area contributed by atoms with Crippen molar-refractivity contribution in [1.82, 2.24) is 10.2 Å². The second-order valence-electron chi connectivity index (χ2n) is 3.37. The minimum absolute atomic E-state index is 0.147. The van der Waals surface area contributed by atoms with Gasteiger partial charge in [-0.1, -0.05) is 40.6 Å². The maximum absolute atomic E-state index is 11.9. The van der Waals surface area contributed by atoms with E-state index in [1.54, 1.807) is 12.1 Å². The molecule has 1 aromatic heterocycles. The molecule has 8 heteroatoms. The van der Waals surface area contributed by atoms with Crippen LogP contribution in [-0.2, 0) is 0 Å². The minimum atomic E-state index is -0.450. The molecule has 0 saturated carbocycles. The van der Waals surface area contributed by atoms with Crippen molar-refractivity contribution in [2.24, 2.45) is 0 Å². The molecule has 1 heterocycles. The zero-order valence-corrected chi connectivity index (χ0v) is 12.1. The Morgan fingerprint density at radius 3 is 2.61 bits per heavy atom. The quantitative estimate of drug-likeness (QED) is 0.907. The molecule has 0 spiro atoms. The van der Waals surface area contributed by atoms with E-state index >= 15 is 0 Å². The second-order valence-corrected chi connectivity index (χ2v) is 5.71. The molecule has 0 fully saturated rings. The SMILES string of the molecule is Cc1ccc(Cl)c(NC(=O)c2nnc(Cl)s2)c1Cl. The van der Waals surface area contributed by atoms with E-state index in [0.29, 0.717) is 15.7 Å². The molecule has 1 aromatic carbocycles. The number of nitrogens with zero attached hydrogens (tertiary/aromatic N) is 2. The van der Waals surface area contributed by atoms with Crippen molar-refractivity contribution in [3.05, 3.63) is 37.2 Å². The third-order valence-electron chi connectivity index (χ3n) is 2.12. The number of anilines is 1. The molecular weight excluding hydrogens is 317 g/mol. The van der Waals surface area contributed by atoms with E-state index in [-0.39, 0.29) is 9.47 Å². The molecule has 2 aromatic rings. The van der Waals surface area contributed by atoms with E-state index in [4.69, 9.17) is 34.8 Å². The Labute approximate surface area is 122 Å². The van der Waals surface area contributed by atoms with Crippen molar-refractivity contribution in [3.8, 4) is 0 Å². The lowest BCUT2D eigenvalue weighted by molar-refractivity contribution is 0.102. The van der Waals surface area contributed by atoms with Gasteiger partial charge in [-0.15, -0.1) is 10.2 Å². The second kappa shape index (κ2) is 5.40. The number of aryl methyl sites for hydroxylation is 1. The Balaban J connectivity index is 2.30. The summed E-state index contributed by atoms with van der Waals surface area (Å²) in [6.07, 6.45) is 0. The van der Waals surface area contributed by atoms with Crippen LogP contribution >= 0.6 is 46.1 Å². The van der Waals surface area contributed by atoms with E-state index < -0.39 is 5.91 Å². The molecule has 0 radical (unpaired) electrons. The smallest absolute Gasteiger partial charge is 0.286 e. The van der Waals surface area contributed by atoms with Gasteiger partial charge in [-0.05, 0) is 30.2 Å². The van der Waals surface area contributed by atoms with Gasteiger partial charge in [-0.25, -0.2) is 0 Å². The van der Waals surface area contributed by atoms with Crippen LogP contribution in [0.2, 0.25) is 14.5 Å². The molecule has 0 aliphatic rings. The summed E-state index contributed by atoms with van der Waals surface area (Å²) in [5.74, 6) is -0.450. The number of hydrogen-bond acceptors (Lipinski definition) is 4. The van der Waals surface area contributed by atoms with E-state index in [9.17, 15) is 4.79 Å². The van der Waals surface area contributed by atoms with Gasteiger partial charge < -0.3 is 5.32 Å². The molecule has 4 nitrogen and oxygen atoms in total. The molecular formula is C10H6Cl3N3OS. The average molecular weight is 323 g/mol. The summed E-state index contributed by atoms with van der Waals surface area (Å²) >= 11 is 18.6. The molecule has 0 saturated heterocycles. The highest BCUT2D eigenvalue weighted by Gasteiger charge is 2.16. The van der Waals surface area contributed by atoms with Crippen LogP contribution in [0.3, 0.4) is 0 Å². The molecule has 94 valence electrons. The first-order valence-corrected chi connectivity index (χ1v) is 6.69. The molecule has 0 atom stereocenters. The molecule has 2 rings (SSSR count). The Kier molecular flexibility index (Phi) is 4.07. The summed E-state index contributed by atoms with van der Waals surface area (Å²) in [6.45, 7) is 1.82. The number of aromatic nitrogens is 2. The van der Waals surface area contributed by atoms with E-state index in [2.05, 4.69) is 15.5 Å². The van der Waals surface area contributed by atoms with Gasteiger partial charge in [0.1, 0.15) is 0 Å². The number of rotatable bonds is 2. The van der Waals surface area contributed by atoms with E-state index in [1.807, 2.05) is 6.92 Å². The van der Waals surface area contributed by atoms with Gasteiger partial charge in [0.15, 0.2) is 0 Å². The molecule has 1 amide bonds. The van der Waals surface area contributed by atoms with E-state index in [0.717, 1.165) is 16.9 Å². The number of halogens is 3. The molecule has 0 aliphatic heterocycles. The first-order valence-electron chi connectivity index (χ1n) is 4.74. The van der Waals surface area contributed by atoms with Gasteiger partial charge in [-0.3, -0.25) is 4.79 Å². The maximum Gasteiger partial charge on any atom is 0.286 e. The normalized spacial score (nSPS) is 10.4. The van der Waals surface area contributed by atoms with Crippen molar-refractivity contribution < 1.29 is 4.79 Å². The summed E-state index contributed by atoms with van der Waals surface area (Å²) in [4.78, 5) is 11.9. The number of carbonyl (C=O) groups excluding carboxylic acids is 1. The van der Waals surface area contributed by atoms with Crippen LogP contribution in [0.15, 0.2) is 12.1 Å². The van der Waals surface area contributed by atoms with E-state index in [1.165, 1.54) is 0 Å². The molecule has 0 unspecified atom stereocenters. The molecule has 0 bridgehead atoms. The van der Waals surface area contributed by atoms with Gasteiger partial charge in [0.25, 0.3) is 5.91 Å². The van der Waals surface area contributed by atoms with Crippen LogP contribution in [0.1, 0.15) is 15.4 Å².